The maximum Gasteiger partial charge on any atom is 0.241 e. The van der Waals surface area contributed by atoms with E-state index >= 15 is 0 Å². The fourth-order valence-corrected chi connectivity index (χ4v) is 2.30. The van der Waals surface area contributed by atoms with Crippen LogP contribution in [0.5, 0.6) is 0 Å². The van der Waals surface area contributed by atoms with E-state index in [0.717, 1.165) is 18.2 Å². The Morgan fingerprint density at radius 2 is 2.06 bits per heavy atom. The topological polar surface area (TPSA) is 72.2 Å². The van der Waals surface area contributed by atoms with Gasteiger partial charge in [-0.3, -0.25) is 4.72 Å². The van der Waals surface area contributed by atoms with Crippen LogP contribution in [0.15, 0.2) is 18.2 Å². The lowest BCUT2D eigenvalue weighted by atomic mass is 10.3. The van der Waals surface area contributed by atoms with Crippen LogP contribution in [-0.2, 0) is 10.0 Å². The van der Waals surface area contributed by atoms with Crippen molar-refractivity contribution in [3.8, 4) is 0 Å². The van der Waals surface area contributed by atoms with E-state index in [1.807, 2.05) is 4.72 Å². The van der Waals surface area contributed by atoms with Gasteiger partial charge in [0.1, 0.15) is 16.9 Å². The first-order valence-corrected chi connectivity index (χ1v) is 6.45. The predicted octanol–water partition coefficient (Wildman–Crippen LogP) is 1.38. The van der Waals surface area contributed by atoms with E-state index in [0.29, 0.717) is 0 Å². The average molecular weight is 280 g/mol. The minimum Gasteiger partial charge on any atom is -0.392 e. The average Bonchev–Trinajstić information content (AvgIpc) is 2.21. The summed E-state index contributed by atoms with van der Waals surface area (Å²) in [6.07, 6.45) is 0. The molecule has 0 spiro atoms. The number of nitrogens with two attached hydrogens (primary N) is 1. The van der Waals surface area contributed by atoms with E-state index in [1.54, 1.807) is 0 Å². The van der Waals surface area contributed by atoms with Crippen molar-refractivity contribution in [3.05, 3.63) is 29.8 Å². The largest absolute Gasteiger partial charge is 0.392 e. The van der Waals surface area contributed by atoms with Gasteiger partial charge in [0.15, 0.2) is 0 Å². The first-order chi connectivity index (χ1) is 7.74. The summed E-state index contributed by atoms with van der Waals surface area (Å²) >= 11 is 4.53. The molecule has 0 aliphatic carbocycles. The molecule has 94 valence electrons. The quantitative estimate of drug-likeness (QED) is 0.817. The lowest BCUT2D eigenvalue weighted by Crippen LogP contribution is -2.35. The summed E-state index contributed by atoms with van der Waals surface area (Å²) in [5, 5.41) is -1.18. The van der Waals surface area contributed by atoms with Crippen molar-refractivity contribution >= 4 is 32.9 Å². The zero-order valence-corrected chi connectivity index (χ0v) is 10.4. The van der Waals surface area contributed by atoms with Gasteiger partial charge in [-0.05, 0) is 19.1 Å². The Hall–Kier alpha value is -1.28. The van der Waals surface area contributed by atoms with Crippen molar-refractivity contribution in [3.63, 3.8) is 0 Å². The SMILES string of the molecule is CC(C(N)=S)S(=O)(=O)Nc1cc(F)ccc1F. The molecule has 1 unspecified atom stereocenters. The summed E-state index contributed by atoms with van der Waals surface area (Å²) in [6, 6.07) is 2.43. The smallest absolute Gasteiger partial charge is 0.241 e. The summed E-state index contributed by atoms with van der Waals surface area (Å²) in [6.45, 7) is 1.25. The molecular weight excluding hydrogens is 270 g/mol. The molecule has 1 aromatic carbocycles. The molecular formula is C9H10F2N2O2S2. The van der Waals surface area contributed by atoms with Crippen molar-refractivity contribution in [2.24, 2.45) is 5.73 Å². The molecule has 1 aromatic rings. The van der Waals surface area contributed by atoms with Crippen molar-refractivity contribution in [2.45, 2.75) is 12.2 Å². The van der Waals surface area contributed by atoms with Gasteiger partial charge in [0.05, 0.1) is 10.7 Å². The third kappa shape index (κ3) is 3.34. The Morgan fingerprint density at radius 1 is 1.47 bits per heavy atom. The first-order valence-electron chi connectivity index (χ1n) is 4.50. The number of nitrogens with one attached hydrogen (secondary N) is 1. The molecule has 0 radical (unpaired) electrons. The molecule has 0 aliphatic rings. The molecule has 0 bridgehead atoms. The van der Waals surface area contributed by atoms with Crippen molar-refractivity contribution < 1.29 is 17.2 Å². The Labute approximate surface area is 103 Å². The van der Waals surface area contributed by atoms with Gasteiger partial charge in [0, 0.05) is 6.07 Å². The summed E-state index contributed by atoms with van der Waals surface area (Å²) in [4.78, 5) is -0.255. The first kappa shape index (κ1) is 13.8. The van der Waals surface area contributed by atoms with Crippen LogP contribution in [-0.4, -0.2) is 18.7 Å². The van der Waals surface area contributed by atoms with E-state index in [1.165, 1.54) is 6.92 Å². The predicted molar refractivity (Wildman–Crippen MR) is 65.1 cm³/mol. The fourth-order valence-electron chi connectivity index (χ4n) is 0.970. The Balaban J connectivity index is 3.06. The maximum atomic E-state index is 13.2. The highest BCUT2D eigenvalue weighted by molar-refractivity contribution is 7.95. The standard InChI is InChI=1S/C9H10F2N2O2S2/c1-5(9(12)16)17(14,15)13-8-4-6(10)2-3-7(8)11/h2-5,13H,1H3,(H2,12,16). The molecule has 17 heavy (non-hydrogen) atoms. The summed E-state index contributed by atoms with van der Waals surface area (Å²) in [7, 11) is -3.97. The van der Waals surface area contributed by atoms with Crippen molar-refractivity contribution in [2.75, 3.05) is 4.72 Å². The molecule has 3 N–H and O–H groups in total. The highest BCUT2D eigenvalue weighted by Crippen LogP contribution is 2.18. The Kier molecular flexibility index (Phi) is 3.99. The van der Waals surface area contributed by atoms with E-state index < -0.39 is 32.6 Å². The highest BCUT2D eigenvalue weighted by Gasteiger charge is 2.24. The molecule has 0 fully saturated rings. The van der Waals surface area contributed by atoms with E-state index in [4.69, 9.17) is 5.73 Å². The molecule has 1 rings (SSSR count). The number of sulfonamides is 1. The molecule has 8 heteroatoms. The van der Waals surface area contributed by atoms with Crippen LogP contribution in [0.4, 0.5) is 14.5 Å². The molecule has 4 nitrogen and oxygen atoms in total. The minimum absolute atomic E-state index is 0.255. The van der Waals surface area contributed by atoms with E-state index in [-0.39, 0.29) is 4.99 Å². The molecule has 0 aliphatic heterocycles. The number of rotatable bonds is 4. The van der Waals surface area contributed by atoms with Crippen LogP contribution in [0.25, 0.3) is 0 Å². The van der Waals surface area contributed by atoms with Crippen LogP contribution in [0.3, 0.4) is 0 Å². The Bertz CT molecular complexity index is 546. The van der Waals surface area contributed by atoms with Crippen LogP contribution >= 0.6 is 12.2 Å². The normalized spacial score (nSPS) is 13.1. The van der Waals surface area contributed by atoms with Crippen LogP contribution in [0.1, 0.15) is 6.92 Å². The lowest BCUT2D eigenvalue weighted by molar-refractivity contribution is 0.592. The van der Waals surface area contributed by atoms with Gasteiger partial charge in [0.25, 0.3) is 0 Å². The molecule has 0 aromatic heterocycles. The van der Waals surface area contributed by atoms with Gasteiger partial charge in [-0.2, -0.15) is 0 Å². The van der Waals surface area contributed by atoms with Crippen LogP contribution in [0.2, 0.25) is 0 Å². The molecule has 0 saturated heterocycles. The second-order valence-corrected chi connectivity index (χ2v) is 5.79. The number of hydrogen-bond acceptors (Lipinski definition) is 3. The minimum atomic E-state index is -3.97. The Morgan fingerprint density at radius 3 is 2.59 bits per heavy atom. The molecule has 0 saturated carbocycles. The molecule has 1 atom stereocenters. The van der Waals surface area contributed by atoms with E-state index in [9.17, 15) is 17.2 Å². The van der Waals surface area contributed by atoms with E-state index in [2.05, 4.69) is 12.2 Å². The lowest BCUT2D eigenvalue weighted by Gasteiger charge is -2.13. The third-order valence-corrected chi connectivity index (χ3v) is 4.24. The van der Waals surface area contributed by atoms with Crippen LogP contribution in [0, 0.1) is 11.6 Å². The monoisotopic (exact) mass is 280 g/mol. The number of anilines is 1. The maximum absolute atomic E-state index is 13.2. The fraction of sp³-hybridized carbons (Fsp3) is 0.222. The summed E-state index contributed by atoms with van der Waals surface area (Å²) in [5.41, 5.74) is 4.71. The van der Waals surface area contributed by atoms with Crippen molar-refractivity contribution in [1.29, 1.82) is 0 Å². The van der Waals surface area contributed by atoms with Gasteiger partial charge in [0.2, 0.25) is 10.0 Å². The zero-order chi connectivity index (χ0) is 13.2. The second kappa shape index (κ2) is 4.92. The second-order valence-electron chi connectivity index (χ2n) is 3.32. The summed E-state index contributed by atoms with van der Waals surface area (Å²) in [5.74, 6) is -1.64. The highest BCUT2D eigenvalue weighted by atomic mass is 32.2. The van der Waals surface area contributed by atoms with Crippen LogP contribution < -0.4 is 10.5 Å². The molecule has 0 amide bonds. The number of thiocarbonyl (C=S) groups is 1. The van der Waals surface area contributed by atoms with Gasteiger partial charge in [-0.25, -0.2) is 17.2 Å². The van der Waals surface area contributed by atoms with Gasteiger partial charge in [-0.15, -0.1) is 0 Å². The number of hydrogen-bond donors (Lipinski definition) is 2. The van der Waals surface area contributed by atoms with Gasteiger partial charge < -0.3 is 5.73 Å². The third-order valence-electron chi connectivity index (χ3n) is 2.05. The summed E-state index contributed by atoms with van der Waals surface area (Å²) < 4.78 is 51.2. The van der Waals surface area contributed by atoms with Gasteiger partial charge >= 0.3 is 0 Å². The number of halogens is 2. The van der Waals surface area contributed by atoms with Crippen molar-refractivity contribution in [1.82, 2.24) is 0 Å². The van der Waals surface area contributed by atoms with Gasteiger partial charge in [-0.1, -0.05) is 12.2 Å². The number of benzene rings is 1. The molecule has 0 heterocycles. The zero-order valence-electron chi connectivity index (χ0n) is 8.78.